The molecule has 0 radical (unpaired) electrons. The van der Waals surface area contributed by atoms with E-state index in [1.807, 2.05) is 18.2 Å². The van der Waals surface area contributed by atoms with Gasteiger partial charge in [-0.1, -0.05) is 31.7 Å². The Labute approximate surface area is 175 Å². The van der Waals surface area contributed by atoms with Crippen LogP contribution in [0.5, 0.6) is 17.2 Å². The number of aryl methyl sites for hydroxylation is 1. The Bertz CT molecular complexity index is 956. The van der Waals surface area contributed by atoms with E-state index in [4.69, 9.17) is 18.6 Å². The van der Waals surface area contributed by atoms with Crippen molar-refractivity contribution in [2.24, 2.45) is 0 Å². The first-order chi connectivity index (χ1) is 14.0. The molecule has 3 aromatic rings. The summed E-state index contributed by atoms with van der Waals surface area (Å²) in [5.41, 5.74) is 3.32. The van der Waals surface area contributed by atoms with Crippen LogP contribution in [0.1, 0.15) is 30.9 Å². The highest BCUT2D eigenvalue weighted by Crippen LogP contribution is 2.33. The van der Waals surface area contributed by atoms with Crippen LogP contribution in [0.4, 0.5) is 0 Å². The maximum atomic E-state index is 5.85. The largest absolute Gasteiger partial charge is 0.497 e. The molecule has 29 heavy (non-hydrogen) atoms. The molecule has 6 nitrogen and oxygen atoms in total. The number of rotatable bonds is 9. The molecular weight excluding hydrogens is 388 g/mol. The highest BCUT2D eigenvalue weighted by molar-refractivity contribution is 7.99. The third-order valence-corrected chi connectivity index (χ3v) is 5.27. The molecule has 0 aliphatic rings. The molecule has 0 N–H and O–H groups in total. The Balaban J connectivity index is 1.56. The van der Waals surface area contributed by atoms with Gasteiger partial charge in [0.15, 0.2) is 0 Å². The van der Waals surface area contributed by atoms with Crippen LogP contribution < -0.4 is 14.2 Å². The predicted octanol–water partition coefficient (Wildman–Crippen LogP) is 5.36. The van der Waals surface area contributed by atoms with Crippen LogP contribution in [-0.4, -0.2) is 36.8 Å². The molecule has 1 heterocycles. The fourth-order valence-corrected chi connectivity index (χ4v) is 3.60. The van der Waals surface area contributed by atoms with Crippen molar-refractivity contribution in [1.82, 2.24) is 10.2 Å². The van der Waals surface area contributed by atoms with Gasteiger partial charge in [-0.25, -0.2) is 0 Å². The Hall–Kier alpha value is -2.67. The lowest BCUT2D eigenvalue weighted by molar-refractivity contribution is 0.342. The van der Waals surface area contributed by atoms with Crippen LogP contribution in [0.2, 0.25) is 0 Å². The molecule has 0 spiro atoms. The molecule has 2 aromatic carbocycles. The van der Waals surface area contributed by atoms with E-state index in [1.54, 1.807) is 20.3 Å². The van der Waals surface area contributed by atoms with Gasteiger partial charge in [0.2, 0.25) is 0 Å². The van der Waals surface area contributed by atoms with E-state index in [-0.39, 0.29) is 0 Å². The average molecular weight is 415 g/mol. The molecule has 0 fully saturated rings. The van der Waals surface area contributed by atoms with Crippen LogP contribution in [0.25, 0.3) is 11.5 Å². The highest BCUT2D eigenvalue weighted by atomic mass is 32.2. The van der Waals surface area contributed by atoms with Gasteiger partial charge in [0.05, 0.1) is 26.4 Å². The Kier molecular flexibility index (Phi) is 7.04. The quantitative estimate of drug-likeness (QED) is 0.345. The van der Waals surface area contributed by atoms with Crippen molar-refractivity contribution in [2.75, 3.05) is 26.6 Å². The Morgan fingerprint density at radius 3 is 2.48 bits per heavy atom. The van der Waals surface area contributed by atoms with E-state index in [1.165, 1.54) is 22.9 Å². The summed E-state index contributed by atoms with van der Waals surface area (Å²) in [5.74, 6) is 3.82. The summed E-state index contributed by atoms with van der Waals surface area (Å²) in [6.45, 7) is 7.05. The van der Waals surface area contributed by atoms with E-state index in [0.717, 1.165) is 11.3 Å². The number of hydrogen-bond acceptors (Lipinski definition) is 7. The number of thioether (sulfide) groups is 1. The molecule has 0 atom stereocenters. The van der Waals surface area contributed by atoms with E-state index in [9.17, 15) is 0 Å². The molecule has 0 aliphatic carbocycles. The van der Waals surface area contributed by atoms with Gasteiger partial charge in [-0.05, 0) is 48.2 Å². The smallest absolute Gasteiger partial charge is 0.276 e. The molecule has 0 bridgehead atoms. The van der Waals surface area contributed by atoms with Gasteiger partial charge in [0, 0.05) is 11.8 Å². The lowest BCUT2D eigenvalue weighted by Crippen LogP contribution is -2.01. The van der Waals surface area contributed by atoms with Crippen molar-refractivity contribution in [3.63, 3.8) is 0 Å². The van der Waals surface area contributed by atoms with Crippen molar-refractivity contribution >= 4 is 11.8 Å². The number of nitrogens with zero attached hydrogens (tertiary/aromatic N) is 2. The van der Waals surface area contributed by atoms with E-state index in [2.05, 4.69) is 43.1 Å². The van der Waals surface area contributed by atoms with Gasteiger partial charge in [-0.2, -0.15) is 0 Å². The average Bonchev–Trinajstić information content (AvgIpc) is 3.19. The Morgan fingerprint density at radius 1 is 1.00 bits per heavy atom. The fraction of sp³-hybridized carbons (Fsp3) is 0.364. The van der Waals surface area contributed by atoms with Gasteiger partial charge in [-0.15, -0.1) is 10.2 Å². The van der Waals surface area contributed by atoms with Crippen LogP contribution in [0, 0.1) is 6.92 Å². The fourth-order valence-electron chi connectivity index (χ4n) is 3.03. The lowest BCUT2D eigenvalue weighted by atomic mass is 9.98. The van der Waals surface area contributed by atoms with Crippen LogP contribution >= 0.6 is 11.8 Å². The molecule has 0 amide bonds. The topological polar surface area (TPSA) is 66.6 Å². The first-order valence-corrected chi connectivity index (χ1v) is 10.4. The third kappa shape index (κ3) is 5.23. The van der Waals surface area contributed by atoms with Crippen molar-refractivity contribution in [2.45, 2.75) is 31.9 Å². The van der Waals surface area contributed by atoms with Crippen LogP contribution in [-0.2, 0) is 0 Å². The standard InChI is InChI=1S/C22H26N2O4S/c1-14(2)18-8-7-17(12-15(18)3)27-10-11-29-22-24-23-21(28-22)19-9-6-16(25-4)13-20(19)26-5/h6-9,12-14H,10-11H2,1-5H3. The van der Waals surface area contributed by atoms with E-state index >= 15 is 0 Å². The minimum absolute atomic E-state index is 0.410. The third-order valence-electron chi connectivity index (χ3n) is 4.49. The summed E-state index contributed by atoms with van der Waals surface area (Å²) >= 11 is 1.46. The monoisotopic (exact) mass is 414 g/mol. The first kappa shape index (κ1) is 21.0. The number of benzene rings is 2. The second kappa shape index (κ2) is 9.69. The second-order valence-corrected chi connectivity index (χ2v) is 7.86. The molecule has 0 aliphatic heterocycles. The summed E-state index contributed by atoms with van der Waals surface area (Å²) in [4.78, 5) is 0. The summed E-state index contributed by atoms with van der Waals surface area (Å²) in [5, 5.41) is 8.72. The van der Waals surface area contributed by atoms with Gasteiger partial charge >= 0.3 is 0 Å². The zero-order valence-electron chi connectivity index (χ0n) is 17.4. The summed E-state index contributed by atoms with van der Waals surface area (Å²) in [6, 6.07) is 11.7. The number of methoxy groups -OCH3 is 2. The molecule has 0 unspecified atom stereocenters. The molecule has 154 valence electrons. The van der Waals surface area contributed by atoms with E-state index < -0.39 is 0 Å². The minimum Gasteiger partial charge on any atom is -0.497 e. The summed E-state index contributed by atoms with van der Waals surface area (Å²) in [7, 11) is 3.20. The Morgan fingerprint density at radius 2 is 1.79 bits per heavy atom. The zero-order valence-corrected chi connectivity index (χ0v) is 18.2. The summed E-state index contributed by atoms with van der Waals surface area (Å²) in [6.07, 6.45) is 0. The SMILES string of the molecule is COc1ccc(-c2nnc(SCCOc3ccc(C(C)C)c(C)c3)o2)c(OC)c1. The van der Waals surface area contributed by atoms with Crippen LogP contribution in [0.3, 0.4) is 0 Å². The minimum atomic E-state index is 0.410. The molecule has 0 saturated heterocycles. The van der Waals surface area contributed by atoms with Crippen molar-refractivity contribution < 1.29 is 18.6 Å². The van der Waals surface area contributed by atoms with Gasteiger partial charge in [0.1, 0.15) is 17.2 Å². The number of ether oxygens (including phenoxy) is 3. The number of aromatic nitrogens is 2. The molecule has 7 heteroatoms. The van der Waals surface area contributed by atoms with Crippen molar-refractivity contribution in [1.29, 1.82) is 0 Å². The predicted molar refractivity (Wildman–Crippen MR) is 114 cm³/mol. The molecule has 0 saturated carbocycles. The molecular formula is C22H26N2O4S. The van der Waals surface area contributed by atoms with Crippen LogP contribution in [0.15, 0.2) is 46.0 Å². The maximum Gasteiger partial charge on any atom is 0.276 e. The van der Waals surface area contributed by atoms with Gasteiger partial charge < -0.3 is 18.6 Å². The lowest BCUT2D eigenvalue weighted by Gasteiger charge is -2.12. The zero-order chi connectivity index (χ0) is 20.8. The van der Waals surface area contributed by atoms with Crippen molar-refractivity contribution in [3.05, 3.63) is 47.5 Å². The van der Waals surface area contributed by atoms with Crippen molar-refractivity contribution in [3.8, 4) is 28.7 Å². The maximum absolute atomic E-state index is 5.85. The normalized spacial score (nSPS) is 11.0. The number of hydrogen-bond donors (Lipinski definition) is 0. The first-order valence-electron chi connectivity index (χ1n) is 9.44. The molecule has 1 aromatic heterocycles. The highest BCUT2D eigenvalue weighted by Gasteiger charge is 2.15. The summed E-state index contributed by atoms with van der Waals surface area (Å²) < 4.78 is 22.2. The van der Waals surface area contributed by atoms with Gasteiger partial charge in [0.25, 0.3) is 11.1 Å². The second-order valence-electron chi connectivity index (χ2n) is 6.81. The van der Waals surface area contributed by atoms with E-state index in [0.29, 0.717) is 40.9 Å². The van der Waals surface area contributed by atoms with Gasteiger partial charge in [-0.3, -0.25) is 0 Å². The molecule has 3 rings (SSSR count).